The van der Waals surface area contributed by atoms with E-state index in [-0.39, 0.29) is 11.8 Å². The number of nitrogens with one attached hydrogen (secondary N) is 1. The van der Waals surface area contributed by atoms with Gasteiger partial charge in [0.2, 0.25) is 5.91 Å². The van der Waals surface area contributed by atoms with Crippen molar-refractivity contribution in [3.8, 4) is 17.0 Å². The molecule has 3 aromatic rings. The highest BCUT2D eigenvalue weighted by Crippen LogP contribution is 2.22. The van der Waals surface area contributed by atoms with Gasteiger partial charge in [0.05, 0.1) is 18.4 Å². The number of benzene rings is 2. The van der Waals surface area contributed by atoms with E-state index in [0.29, 0.717) is 30.9 Å². The number of hydrogen-bond acceptors (Lipinski definition) is 5. The first kappa shape index (κ1) is 22.0. The highest BCUT2D eigenvalue weighted by molar-refractivity contribution is 5.94. The van der Waals surface area contributed by atoms with Crippen molar-refractivity contribution in [1.82, 2.24) is 9.88 Å². The van der Waals surface area contributed by atoms with Gasteiger partial charge in [-0.05, 0) is 42.0 Å². The Balaban J connectivity index is 1.74. The number of anilines is 1. The number of nitrogens with zero attached hydrogens (tertiary/aromatic N) is 2. The van der Waals surface area contributed by atoms with Gasteiger partial charge in [0.1, 0.15) is 5.75 Å². The number of pyridine rings is 1. The Morgan fingerprint density at radius 1 is 1.10 bits per heavy atom. The maximum absolute atomic E-state index is 13.1. The van der Waals surface area contributed by atoms with Crippen molar-refractivity contribution in [3.05, 3.63) is 78.0 Å². The molecule has 0 radical (unpaired) electrons. The third-order valence-corrected chi connectivity index (χ3v) is 4.71. The highest BCUT2D eigenvalue weighted by Gasteiger charge is 2.16. The minimum Gasteiger partial charge on any atom is -0.497 e. The fraction of sp³-hybridized carbons (Fsp3) is 0.208. The highest BCUT2D eigenvalue weighted by atomic mass is 16.5. The van der Waals surface area contributed by atoms with Crippen LogP contribution in [0.15, 0.2) is 66.9 Å². The zero-order chi connectivity index (χ0) is 22.2. The van der Waals surface area contributed by atoms with E-state index in [4.69, 9.17) is 10.5 Å². The summed E-state index contributed by atoms with van der Waals surface area (Å²) >= 11 is 0. The Bertz CT molecular complexity index is 1030. The number of nitrogens with two attached hydrogens (primary N) is 1. The van der Waals surface area contributed by atoms with Crippen molar-refractivity contribution < 1.29 is 14.3 Å². The molecule has 0 atom stereocenters. The lowest BCUT2D eigenvalue weighted by molar-refractivity contribution is -0.114. The van der Waals surface area contributed by atoms with E-state index >= 15 is 0 Å². The topological polar surface area (TPSA) is 97.5 Å². The molecule has 0 aliphatic carbocycles. The number of hydrogen-bond donors (Lipinski definition) is 2. The number of aromatic nitrogens is 1. The molecule has 31 heavy (non-hydrogen) atoms. The van der Waals surface area contributed by atoms with E-state index in [1.165, 1.54) is 6.92 Å². The molecule has 0 unspecified atom stereocenters. The number of methoxy groups -OCH3 is 1. The van der Waals surface area contributed by atoms with E-state index in [0.717, 1.165) is 22.6 Å². The molecule has 2 aromatic carbocycles. The summed E-state index contributed by atoms with van der Waals surface area (Å²) in [5.74, 6) is 0.483. The van der Waals surface area contributed by atoms with Gasteiger partial charge in [-0.1, -0.05) is 24.3 Å². The van der Waals surface area contributed by atoms with Gasteiger partial charge >= 0.3 is 0 Å². The fourth-order valence-corrected chi connectivity index (χ4v) is 3.18. The van der Waals surface area contributed by atoms with Crippen LogP contribution in [0.2, 0.25) is 0 Å². The third kappa shape index (κ3) is 5.90. The minimum absolute atomic E-state index is 0.127. The van der Waals surface area contributed by atoms with Gasteiger partial charge in [0, 0.05) is 44.0 Å². The van der Waals surface area contributed by atoms with Crippen LogP contribution < -0.4 is 15.8 Å². The molecule has 0 bridgehead atoms. The molecule has 0 spiro atoms. The van der Waals surface area contributed by atoms with Gasteiger partial charge < -0.3 is 20.7 Å². The van der Waals surface area contributed by atoms with E-state index in [2.05, 4.69) is 10.3 Å². The second-order valence-electron chi connectivity index (χ2n) is 7.06. The van der Waals surface area contributed by atoms with Gasteiger partial charge in [0.15, 0.2) is 0 Å². The zero-order valence-electron chi connectivity index (χ0n) is 17.7. The Labute approximate surface area is 181 Å². The Morgan fingerprint density at radius 2 is 1.87 bits per heavy atom. The van der Waals surface area contributed by atoms with Crippen LogP contribution in [-0.2, 0) is 11.3 Å². The quantitative estimate of drug-likeness (QED) is 0.585. The summed E-state index contributed by atoms with van der Waals surface area (Å²) in [5.41, 5.74) is 9.56. The molecule has 2 amide bonds. The number of carbonyl (C=O) groups is 2. The molecule has 0 aliphatic heterocycles. The molecule has 0 fully saturated rings. The first-order chi connectivity index (χ1) is 15.0. The van der Waals surface area contributed by atoms with Crippen LogP contribution >= 0.6 is 0 Å². The summed E-state index contributed by atoms with van der Waals surface area (Å²) < 4.78 is 5.26. The molecule has 1 aromatic heterocycles. The molecule has 0 saturated heterocycles. The van der Waals surface area contributed by atoms with Crippen molar-refractivity contribution in [2.24, 2.45) is 5.73 Å². The van der Waals surface area contributed by atoms with Crippen LogP contribution in [0.4, 0.5) is 5.69 Å². The average molecular weight is 418 g/mol. The van der Waals surface area contributed by atoms with E-state index < -0.39 is 0 Å². The fourth-order valence-electron chi connectivity index (χ4n) is 3.18. The molecular formula is C24H26N4O3. The average Bonchev–Trinajstić information content (AvgIpc) is 2.79. The summed E-state index contributed by atoms with van der Waals surface area (Å²) in [4.78, 5) is 30.4. The molecule has 1 heterocycles. The molecule has 160 valence electrons. The molecule has 0 saturated carbocycles. The predicted molar refractivity (Wildman–Crippen MR) is 121 cm³/mol. The maximum Gasteiger partial charge on any atom is 0.255 e. The van der Waals surface area contributed by atoms with Crippen molar-refractivity contribution in [3.63, 3.8) is 0 Å². The van der Waals surface area contributed by atoms with Gasteiger partial charge in [-0.15, -0.1) is 0 Å². The first-order valence-corrected chi connectivity index (χ1v) is 9.96. The largest absolute Gasteiger partial charge is 0.497 e. The SMILES string of the molecule is COc1cccc(-c2ccc(C(=O)N(CCN)Cc3ccc(NC(C)=O)cc3)cn2)c1. The monoisotopic (exact) mass is 418 g/mol. The number of amides is 2. The van der Waals surface area contributed by atoms with Crippen molar-refractivity contribution in [2.45, 2.75) is 13.5 Å². The molecule has 3 rings (SSSR count). The lowest BCUT2D eigenvalue weighted by atomic mass is 10.1. The lowest BCUT2D eigenvalue weighted by Gasteiger charge is -2.22. The van der Waals surface area contributed by atoms with Crippen molar-refractivity contribution in [1.29, 1.82) is 0 Å². The molecule has 7 nitrogen and oxygen atoms in total. The number of ether oxygens (including phenoxy) is 1. The minimum atomic E-state index is -0.138. The number of rotatable bonds is 8. The first-order valence-electron chi connectivity index (χ1n) is 9.96. The molecule has 3 N–H and O–H groups in total. The summed E-state index contributed by atoms with van der Waals surface area (Å²) in [6.07, 6.45) is 1.58. The Kier molecular flexibility index (Phi) is 7.35. The Hall–Kier alpha value is -3.71. The normalized spacial score (nSPS) is 10.4. The van der Waals surface area contributed by atoms with Crippen LogP contribution in [0.25, 0.3) is 11.3 Å². The van der Waals surface area contributed by atoms with Crippen LogP contribution in [0.1, 0.15) is 22.8 Å². The van der Waals surface area contributed by atoms with Gasteiger partial charge in [-0.25, -0.2) is 0 Å². The van der Waals surface area contributed by atoms with E-state index in [1.807, 2.05) is 54.6 Å². The second-order valence-corrected chi connectivity index (χ2v) is 7.06. The van der Waals surface area contributed by atoms with Crippen molar-refractivity contribution >= 4 is 17.5 Å². The summed E-state index contributed by atoms with van der Waals surface area (Å²) in [7, 11) is 1.62. The van der Waals surface area contributed by atoms with Crippen LogP contribution in [0, 0.1) is 0 Å². The van der Waals surface area contributed by atoms with Crippen LogP contribution in [-0.4, -0.2) is 41.9 Å². The smallest absolute Gasteiger partial charge is 0.255 e. The van der Waals surface area contributed by atoms with Crippen LogP contribution in [0.3, 0.4) is 0 Å². The second kappa shape index (κ2) is 10.4. The van der Waals surface area contributed by atoms with Crippen molar-refractivity contribution in [2.75, 3.05) is 25.5 Å². The van der Waals surface area contributed by atoms with Gasteiger partial charge in [0.25, 0.3) is 5.91 Å². The molecule has 7 heteroatoms. The van der Waals surface area contributed by atoms with E-state index in [1.54, 1.807) is 24.3 Å². The zero-order valence-corrected chi connectivity index (χ0v) is 17.7. The maximum atomic E-state index is 13.1. The third-order valence-electron chi connectivity index (χ3n) is 4.71. The molecule has 0 aliphatic rings. The van der Waals surface area contributed by atoms with E-state index in [9.17, 15) is 9.59 Å². The number of carbonyl (C=O) groups excluding carboxylic acids is 2. The van der Waals surface area contributed by atoms with Gasteiger partial charge in [-0.2, -0.15) is 0 Å². The van der Waals surface area contributed by atoms with Gasteiger partial charge in [-0.3, -0.25) is 14.6 Å². The predicted octanol–water partition coefficient (Wildman–Crippen LogP) is 3.32. The standard InChI is InChI=1S/C24H26N4O3/c1-17(29)27-21-9-6-18(7-10-21)16-28(13-12-25)24(30)20-8-11-23(26-15-20)19-4-3-5-22(14-19)31-2/h3-11,14-15H,12-13,16,25H2,1-2H3,(H,27,29). The summed E-state index contributed by atoms with van der Waals surface area (Å²) in [6.45, 7) is 2.64. The summed E-state index contributed by atoms with van der Waals surface area (Å²) in [5, 5.41) is 2.73. The van der Waals surface area contributed by atoms with Crippen LogP contribution in [0.5, 0.6) is 5.75 Å². The lowest BCUT2D eigenvalue weighted by Crippen LogP contribution is -2.35. The molecular weight excluding hydrogens is 392 g/mol. The summed E-state index contributed by atoms with van der Waals surface area (Å²) in [6, 6.07) is 18.6. The Morgan fingerprint density at radius 3 is 2.48 bits per heavy atom.